The largest absolute Gasteiger partial charge is 0.450 e. The molecule has 6 heteroatoms. The molecule has 0 heterocycles. The minimum Gasteiger partial charge on any atom is -0.450 e. The number of aryl methyl sites for hydroxylation is 1. The third-order valence-electron chi connectivity index (χ3n) is 3.62. The molecule has 5 nitrogen and oxygen atoms in total. The average Bonchev–Trinajstić information content (AvgIpc) is 2.59. The van der Waals surface area contributed by atoms with Crippen LogP contribution < -0.4 is 10.6 Å². The summed E-state index contributed by atoms with van der Waals surface area (Å²) in [6, 6.07) is 14.2. The molecule has 0 aliphatic heterocycles. The molecule has 0 fully saturated rings. The lowest BCUT2D eigenvalue weighted by Gasteiger charge is -2.19. The second-order valence-electron chi connectivity index (χ2n) is 5.52. The Morgan fingerprint density at radius 3 is 2.52 bits per heavy atom. The Morgan fingerprint density at radius 2 is 1.84 bits per heavy atom. The first kappa shape index (κ1) is 18.8. The molecule has 2 N–H and O–H groups in total. The van der Waals surface area contributed by atoms with Crippen molar-refractivity contribution in [2.24, 2.45) is 0 Å². The number of carbonyl (C=O) groups is 2. The summed E-state index contributed by atoms with van der Waals surface area (Å²) >= 11 is 6.21. The van der Waals surface area contributed by atoms with Gasteiger partial charge in [-0.25, -0.2) is 4.79 Å². The van der Waals surface area contributed by atoms with Gasteiger partial charge in [0.2, 0.25) is 5.91 Å². The van der Waals surface area contributed by atoms with Crippen molar-refractivity contribution in [3.8, 4) is 0 Å². The molecule has 0 aliphatic carbocycles. The lowest BCUT2D eigenvalue weighted by Crippen LogP contribution is -2.32. The summed E-state index contributed by atoms with van der Waals surface area (Å²) in [4.78, 5) is 24.2. The molecule has 0 aliphatic rings. The summed E-state index contributed by atoms with van der Waals surface area (Å²) < 4.78 is 4.93. The second-order valence-corrected chi connectivity index (χ2v) is 5.89. The van der Waals surface area contributed by atoms with E-state index in [0.717, 1.165) is 11.1 Å². The fraction of sp³-hybridized carbons (Fsp3) is 0.263. The van der Waals surface area contributed by atoms with E-state index in [1.54, 1.807) is 13.0 Å². The van der Waals surface area contributed by atoms with Crippen LogP contribution in [0.25, 0.3) is 0 Å². The number of nitrogens with one attached hydrogen (secondary N) is 2. The van der Waals surface area contributed by atoms with E-state index in [0.29, 0.717) is 10.7 Å². The maximum absolute atomic E-state index is 12.4. The minimum absolute atomic E-state index is 0.0626. The predicted molar refractivity (Wildman–Crippen MR) is 98.8 cm³/mol. The van der Waals surface area contributed by atoms with Crippen LogP contribution in [0.2, 0.25) is 5.02 Å². The molecule has 0 unspecified atom stereocenters. The number of amides is 2. The van der Waals surface area contributed by atoms with E-state index in [2.05, 4.69) is 10.6 Å². The number of halogens is 1. The van der Waals surface area contributed by atoms with Gasteiger partial charge in [0.25, 0.3) is 0 Å². The first-order valence-corrected chi connectivity index (χ1v) is 8.42. The molecule has 0 aromatic heterocycles. The smallest absolute Gasteiger partial charge is 0.407 e. The number of anilines is 1. The zero-order valence-corrected chi connectivity index (χ0v) is 15.0. The van der Waals surface area contributed by atoms with E-state index in [9.17, 15) is 9.59 Å². The van der Waals surface area contributed by atoms with Gasteiger partial charge >= 0.3 is 6.09 Å². The van der Waals surface area contributed by atoms with Crippen LogP contribution in [0, 0.1) is 6.92 Å². The molecular weight excluding hydrogens is 340 g/mol. The lowest BCUT2D eigenvalue weighted by atomic mass is 10.0. The van der Waals surface area contributed by atoms with Gasteiger partial charge in [-0.3, -0.25) is 4.79 Å². The molecule has 2 aromatic rings. The Hall–Kier alpha value is -2.53. The number of rotatable bonds is 6. The van der Waals surface area contributed by atoms with E-state index in [4.69, 9.17) is 16.3 Å². The number of hydrogen-bond donors (Lipinski definition) is 2. The predicted octanol–water partition coefficient (Wildman–Crippen LogP) is 4.46. The normalized spacial score (nSPS) is 11.5. The van der Waals surface area contributed by atoms with Gasteiger partial charge < -0.3 is 15.4 Å². The Bertz CT molecular complexity index is 735. The highest BCUT2D eigenvalue weighted by molar-refractivity contribution is 6.34. The van der Waals surface area contributed by atoms with Gasteiger partial charge in [-0.2, -0.15) is 0 Å². The van der Waals surface area contributed by atoms with Crippen LogP contribution in [0.3, 0.4) is 0 Å². The molecule has 0 spiro atoms. The molecular formula is C19H21ClN2O3. The number of hydrogen-bond acceptors (Lipinski definition) is 3. The summed E-state index contributed by atoms with van der Waals surface area (Å²) in [7, 11) is 0. The summed E-state index contributed by atoms with van der Waals surface area (Å²) in [5, 5.41) is 6.02. The first-order valence-electron chi connectivity index (χ1n) is 8.04. The highest BCUT2D eigenvalue weighted by Gasteiger charge is 2.19. The Kier molecular flexibility index (Phi) is 6.83. The van der Waals surface area contributed by atoms with E-state index >= 15 is 0 Å². The van der Waals surface area contributed by atoms with Gasteiger partial charge in [0.05, 0.1) is 29.8 Å². The van der Waals surface area contributed by atoms with Gasteiger partial charge in [-0.05, 0) is 31.0 Å². The molecule has 132 valence electrons. The topological polar surface area (TPSA) is 67.4 Å². The summed E-state index contributed by atoms with van der Waals surface area (Å²) in [5.74, 6) is -0.252. The van der Waals surface area contributed by atoms with Crippen molar-refractivity contribution in [1.82, 2.24) is 5.32 Å². The summed E-state index contributed by atoms with van der Waals surface area (Å²) in [6.07, 6.45) is -0.495. The monoisotopic (exact) mass is 360 g/mol. The van der Waals surface area contributed by atoms with Crippen molar-refractivity contribution in [1.29, 1.82) is 0 Å². The number of ether oxygens (including phenoxy) is 1. The van der Waals surface area contributed by atoms with Gasteiger partial charge in [0, 0.05) is 0 Å². The first-order chi connectivity index (χ1) is 12.0. The standard InChI is InChI=1S/C19H21ClN2O3/c1-3-25-19(24)22-16(14-9-5-4-6-10-14)12-17(23)21-15-11-7-8-13(2)18(15)20/h4-11,16H,3,12H2,1-2H3,(H,21,23)(H,22,24)/t16-/m1/s1. The van der Waals surface area contributed by atoms with Gasteiger partial charge in [-0.1, -0.05) is 54.1 Å². The van der Waals surface area contributed by atoms with E-state index in [-0.39, 0.29) is 18.9 Å². The average molecular weight is 361 g/mol. The van der Waals surface area contributed by atoms with Crippen LogP contribution in [0.15, 0.2) is 48.5 Å². The molecule has 25 heavy (non-hydrogen) atoms. The molecule has 1 atom stereocenters. The van der Waals surface area contributed by atoms with Crippen molar-refractivity contribution >= 4 is 29.3 Å². The zero-order valence-electron chi connectivity index (χ0n) is 14.2. The van der Waals surface area contributed by atoms with Crippen molar-refractivity contribution in [3.05, 3.63) is 64.7 Å². The van der Waals surface area contributed by atoms with Crippen molar-refractivity contribution < 1.29 is 14.3 Å². The molecule has 2 rings (SSSR count). The van der Waals surface area contributed by atoms with Crippen LogP contribution in [0.1, 0.15) is 30.5 Å². The van der Waals surface area contributed by atoms with Crippen LogP contribution >= 0.6 is 11.6 Å². The van der Waals surface area contributed by atoms with Gasteiger partial charge in [0.1, 0.15) is 0 Å². The Balaban J connectivity index is 2.11. The maximum Gasteiger partial charge on any atom is 0.407 e. The SMILES string of the molecule is CCOC(=O)N[C@H](CC(=O)Nc1cccc(C)c1Cl)c1ccccc1. The van der Waals surface area contributed by atoms with E-state index in [1.807, 2.05) is 49.4 Å². The molecule has 0 saturated heterocycles. The summed E-state index contributed by atoms with van der Waals surface area (Å²) in [6.45, 7) is 3.86. The molecule has 0 saturated carbocycles. The third kappa shape index (κ3) is 5.50. The lowest BCUT2D eigenvalue weighted by molar-refractivity contribution is -0.116. The van der Waals surface area contributed by atoms with Crippen LogP contribution in [-0.4, -0.2) is 18.6 Å². The highest BCUT2D eigenvalue weighted by Crippen LogP contribution is 2.26. The quantitative estimate of drug-likeness (QED) is 0.798. The van der Waals surface area contributed by atoms with E-state index < -0.39 is 12.1 Å². The zero-order chi connectivity index (χ0) is 18.2. The molecule has 2 aromatic carbocycles. The molecule has 0 radical (unpaired) electrons. The molecule has 0 bridgehead atoms. The fourth-order valence-corrected chi connectivity index (χ4v) is 2.56. The van der Waals surface area contributed by atoms with Crippen LogP contribution in [0.5, 0.6) is 0 Å². The summed E-state index contributed by atoms with van der Waals surface area (Å²) in [5.41, 5.74) is 2.25. The maximum atomic E-state index is 12.4. The Labute approximate surface area is 152 Å². The van der Waals surface area contributed by atoms with Crippen LogP contribution in [0.4, 0.5) is 10.5 Å². The van der Waals surface area contributed by atoms with Gasteiger partial charge in [0.15, 0.2) is 0 Å². The fourth-order valence-electron chi connectivity index (χ4n) is 2.38. The number of alkyl carbamates (subject to hydrolysis) is 1. The van der Waals surface area contributed by atoms with E-state index in [1.165, 1.54) is 0 Å². The third-order valence-corrected chi connectivity index (χ3v) is 4.13. The second kappa shape index (κ2) is 9.08. The number of carbonyl (C=O) groups excluding carboxylic acids is 2. The molecule has 2 amide bonds. The van der Waals surface area contributed by atoms with Crippen molar-refractivity contribution in [2.45, 2.75) is 26.3 Å². The van der Waals surface area contributed by atoms with Crippen molar-refractivity contribution in [2.75, 3.05) is 11.9 Å². The highest BCUT2D eigenvalue weighted by atomic mass is 35.5. The Morgan fingerprint density at radius 1 is 1.12 bits per heavy atom. The minimum atomic E-state index is -0.558. The van der Waals surface area contributed by atoms with Gasteiger partial charge in [-0.15, -0.1) is 0 Å². The van der Waals surface area contributed by atoms with Crippen LogP contribution in [-0.2, 0) is 9.53 Å². The van der Waals surface area contributed by atoms with Crippen molar-refractivity contribution in [3.63, 3.8) is 0 Å². The number of benzene rings is 2.